The predicted molar refractivity (Wildman–Crippen MR) is 55.6 cm³/mol. The van der Waals surface area contributed by atoms with E-state index in [-0.39, 0.29) is 19.0 Å². The first-order chi connectivity index (χ1) is 7.18. The van der Waals surface area contributed by atoms with Gasteiger partial charge < -0.3 is 15.7 Å². The molecule has 0 heterocycles. The standard InChI is InChI=1S/C10H18N2O3/c13-9(14)5-6-11-10(15)12-7-8-3-1-2-4-8/h8H,1-7H2,(H,13,14)(H2,11,12,15). The molecule has 5 heteroatoms. The molecule has 1 aliphatic carbocycles. The molecule has 0 unspecified atom stereocenters. The van der Waals surface area contributed by atoms with Crippen LogP contribution in [0, 0.1) is 5.92 Å². The molecule has 0 aromatic carbocycles. The van der Waals surface area contributed by atoms with Crippen molar-refractivity contribution in [1.82, 2.24) is 10.6 Å². The van der Waals surface area contributed by atoms with Crippen LogP contribution in [0.5, 0.6) is 0 Å². The van der Waals surface area contributed by atoms with Crippen LogP contribution >= 0.6 is 0 Å². The smallest absolute Gasteiger partial charge is 0.314 e. The van der Waals surface area contributed by atoms with E-state index >= 15 is 0 Å². The van der Waals surface area contributed by atoms with Gasteiger partial charge in [0, 0.05) is 13.1 Å². The second-order valence-corrected chi connectivity index (χ2v) is 3.93. The van der Waals surface area contributed by atoms with E-state index in [1.54, 1.807) is 0 Å². The van der Waals surface area contributed by atoms with Crippen LogP contribution in [0.2, 0.25) is 0 Å². The quantitative estimate of drug-likeness (QED) is 0.637. The lowest BCUT2D eigenvalue weighted by atomic mass is 10.1. The monoisotopic (exact) mass is 214 g/mol. The highest BCUT2D eigenvalue weighted by Crippen LogP contribution is 2.23. The first kappa shape index (κ1) is 11.8. The van der Waals surface area contributed by atoms with Crippen molar-refractivity contribution in [3.63, 3.8) is 0 Å². The molecule has 1 rings (SSSR count). The van der Waals surface area contributed by atoms with Crippen LogP contribution in [-0.2, 0) is 4.79 Å². The van der Waals surface area contributed by atoms with Crippen LogP contribution < -0.4 is 10.6 Å². The molecular formula is C10H18N2O3. The van der Waals surface area contributed by atoms with E-state index in [2.05, 4.69) is 10.6 Å². The van der Waals surface area contributed by atoms with Crippen molar-refractivity contribution in [2.75, 3.05) is 13.1 Å². The van der Waals surface area contributed by atoms with Crippen LogP contribution in [0.3, 0.4) is 0 Å². The zero-order valence-electron chi connectivity index (χ0n) is 8.79. The molecule has 0 spiro atoms. The fourth-order valence-electron chi connectivity index (χ4n) is 1.80. The maximum atomic E-state index is 11.2. The normalized spacial score (nSPS) is 16.3. The molecule has 1 fully saturated rings. The molecule has 0 aromatic heterocycles. The lowest BCUT2D eigenvalue weighted by Gasteiger charge is -2.10. The van der Waals surface area contributed by atoms with Crippen LogP contribution in [0.25, 0.3) is 0 Å². The van der Waals surface area contributed by atoms with Crippen molar-refractivity contribution < 1.29 is 14.7 Å². The Balaban J connectivity index is 2.00. The summed E-state index contributed by atoms with van der Waals surface area (Å²) in [6.07, 6.45) is 4.86. The Morgan fingerprint density at radius 1 is 1.20 bits per heavy atom. The van der Waals surface area contributed by atoms with E-state index in [9.17, 15) is 9.59 Å². The first-order valence-corrected chi connectivity index (χ1v) is 5.42. The average molecular weight is 214 g/mol. The zero-order chi connectivity index (χ0) is 11.1. The van der Waals surface area contributed by atoms with Gasteiger partial charge in [-0.3, -0.25) is 4.79 Å². The Morgan fingerprint density at radius 3 is 2.47 bits per heavy atom. The molecule has 5 nitrogen and oxygen atoms in total. The molecule has 86 valence electrons. The number of aliphatic carboxylic acids is 1. The Morgan fingerprint density at radius 2 is 1.87 bits per heavy atom. The molecular weight excluding hydrogens is 196 g/mol. The Hall–Kier alpha value is -1.26. The predicted octanol–water partition coefficient (Wildman–Crippen LogP) is 0.950. The second kappa shape index (κ2) is 6.27. The largest absolute Gasteiger partial charge is 0.481 e. The molecule has 2 amide bonds. The minimum absolute atomic E-state index is 0.0309. The Kier molecular flexibility index (Phi) is 4.93. The summed E-state index contributed by atoms with van der Waals surface area (Å²) in [5.74, 6) is -0.290. The number of amides is 2. The molecule has 1 saturated carbocycles. The van der Waals surface area contributed by atoms with Gasteiger partial charge in [0.25, 0.3) is 0 Å². The summed E-state index contributed by atoms with van der Waals surface area (Å²) in [6, 6.07) is -0.261. The molecule has 15 heavy (non-hydrogen) atoms. The summed E-state index contributed by atoms with van der Waals surface area (Å²) in [5.41, 5.74) is 0. The van der Waals surface area contributed by atoms with Gasteiger partial charge in [-0.1, -0.05) is 12.8 Å². The Labute approximate surface area is 89.2 Å². The van der Waals surface area contributed by atoms with E-state index in [0.29, 0.717) is 12.5 Å². The lowest BCUT2D eigenvalue weighted by molar-refractivity contribution is -0.136. The summed E-state index contributed by atoms with van der Waals surface area (Å²) in [5, 5.41) is 13.6. The molecule has 0 bridgehead atoms. The number of hydrogen-bond donors (Lipinski definition) is 3. The van der Waals surface area contributed by atoms with Gasteiger partial charge in [0.15, 0.2) is 0 Å². The number of carboxylic acids is 1. The number of nitrogens with one attached hydrogen (secondary N) is 2. The molecule has 1 aliphatic rings. The van der Waals surface area contributed by atoms with Gasteiger partial charge in [-0.25, -0.2) is 4.79 Å². The van der Waals surface area contributed by atoms with Crippen molar-refractivity contribution >= 4 is 12.0 Å². The fraction of sp³-hybridized carbons (Fsp3) is 0.800. The van der Waals surface area contributed by atoms with Crippen LogP contribution in [0.1, 0.15) is 32.1 Å². The number of carbonyl (C=O) groups is 2. The van der Waals surface area contributed by atoms with Crippen molar-refractivity contribution in [1.29, 1.82) is 0 Å². The van der Waals surface area contributed by atoms with Gasteiger partial charge in [-0.15, -0.1) is 0 Å². The minimum Gasteiger partial charge on any atom is -0.481 e. The summed E-state index contributed by atoms with van der Waals surface area (Å²) in [6.45, 7) is 0.894. The molecule has 3 N–H and O–H groups in total. The molecule has 0 aliphatic heterocycles. The van der Waals surface area contributed by atoms with Gasteiger partial charge in [0.2, 0.25) is 0 Å². The number of rotatable bonds is 5. The van der Waals surface area contributed by atoms with Gasteiger partial charge in [-0.05, 0) is 18.8 Å². The highest BCUT2D eigenvalue weighted by molar-refractivity contribution is 5.74. The third-order valence-corrected chi connectivity index (χ3v) is 2.65. The maximum Gasteiger partial charge on any atom is 0.314 e. The summed E-state index contributed by atoms with van der Waals surface area (Å²) in [4.78, 5) is 21.3. The second-order valence-electron chi connectivity index (χ2n) is 3.93. The van der Waals surface area contributed by atoms with Crippen LogP contribution in [-0.4, -0.2) is 30.2 Å². The van der Waals surface area contributed by atoms with Crippen LogP contribution in [0.15, 0.2) is 0 Å². The number of carbonyl (C=O) groups excluding carboxylic acids is 1. The summed E-state index contributed by atoms with van der Waals surface area (Å²) >= 11 is 0. The third-order valence-electron chi connectivity index (χ3n) is 2.65. The van der Waals surface area contributed by atoms with E-state index in [1.165, 1.54) is 25.7 Å². The zero-order valence-corrected chi connectivity index (χ0v) is 8.79. The van der Waals surface area contributed by atoms with Crippen molar-refractivity contribution in [3.05, 3.63) is 0 Å². The van der Waals surface area contributed by atoms with Crippen molar-refractivity contribution in [3.8, 4) is 0 Å². The number of hydrogen-bond acceptors (Lipinski definition) is 2. The topological polar surface area (TPSA) is 78.4 Å². The molecule has 0 atom stereocenters. The summed E-state index contributed by atoms with van der Waals surface area (Å²) in [7, 11) is 0. The minimum atomic E-state index is -0.897. The van der Waals surface area contributed by atoms with Crippen molar-refractivity contribution in [2.24, 2.45) is 5.92 Å². The van der Waals surface area contributed by atoms with Crippen LogP contribution in [0.4, 0.5) is 4.79 Å². The third kappa shape index (κ3) is 5.24. The molecule has 0 saturated heterocycles. The van der Waals surface area contributed by atoms with E-state index in [4.69, 9.17) is 5.11 Å². The highest BCUT2D eigenvalue weighted by atomic mass is 16.4. The van der Waals surface area contributed by atoms with Gasteiger partial charge >= 0.3 is 12.0 Å². The van der Waals surface area contributed by atoms with E-state index in [0.717, 1.165) is 0 Å². The van der Waals surface area contributed by atoms with Gasteiger partial charge in [-0.2, -0.15) is 0 Å². The van der Waals surface area contributed by atoms with Gasteiger partial charge in [0.1, 0.15) is 0 Å². The first-order valence-electron chi connectivity index (χ1n) is 5.42. The fourth-order valence-corrected chi connectivity index (χ4v) is 1.80. The SMILES string of the molecule is O=C(O)CCNC(=O)NCC1CCCC1. The van der Waals surface area contributed by atoms with Gasteiger partial charge in [0.05, 0.1) is 6.42 Å². The number of urea groups is 1. The lowest BCUT2D eigenvalue weighted by Crippen LogP contribution is -2.38. The number of carboxylic acid groups (broad SMARTS) is 1. The van der Waals surface area contributed by atoms with E-state index < -0.39 is 5.97 Å². The maximum absolute atomic E-state index is 11.2. The molecule has 0 aromatic rings. The summed E-state index contributed by atoms with van der Waals surface area (Å²) < 4.78 is 0. The highest BCUT2D eigenvalue weighted by Gasteiger charge is 2.15. The molecule has 0 radical (unpaired) electrons. The average Bonchev–Trinajstić information content (AvgIpc) is 2.66. The van der Waals surface area contributed by atoms with Crippen molar-refractivity contribution in [2.45, 2.75) is 32.1 Å². The Bertz CT molecular complexity index is 225. The van der Waals surface area contributed by atoms with E-state index in [1.807, 2.05) is 0 Å².